The van der Waals surface area contributed by atoms with Gasteiger partial charge in [0.05, 0.1) is 6.10 Å². The van der Waals surface area contributed by atoms with Crippen LogP contribution in [-0.4, -0.2) is 31.9 Å². The Morgan fingerprint density at radius 2 is 2.14 bits per heavy atom. The maximum atomic E-state index is 11.8. The molecule has 1 unspecified atom stereocenters. The van der Waals surface area contributed by atoms with Gasteiger partial charge in [-0.3, -0.25) is 9.36 Å². The first-order valence-corrected chi connectivity index (χ1v) is 6.57. The van der Waals surface area contributed by atoms with Crippen molar-refractivity contribution in [3.05, 3.63) is 52.2 Å². The van der Waals surface area contributed by atoms with E-state index in [0.29, 0.717) is 0 Å². The van der Waals surface area contributed by atoms with Gasteiger partial charge in [0, 0.05) is 13.6 Å². The van der Waals surface area contributed by atoms with Gasteiger partial charge >= 0.3 is 5.69 Å². The maximum absolute atomic E-state index is 11.8. The van der Waals surface area contributed by atoms with Crippen molar-refractivity contribution in [2.75, 3.05) is 6.54 Å². The number of carbonyl (C=O) groups is 1. The molecule has 0 saturated heterocycles. The molecule has 0 spiro atoms. The number of nitrogens with zero attached hydrogens (tertiary/aromatic N) is 3. The predicted molar refractivity (Wildman–Crippen MR) is 76.6 cm³/mol. The molecular weight excluding hydrogens is 272 g/mol. The molecule has 0 fully saturated rings. The fraction of sp³-hybridized carbons (Fsp3) is 0.357. The summed E-state index contributed by atoms with van der Waals surface area (Å²) in [6, 6.07) is 7.43. The number of aromatic nitrogens is 3. The number of nitrogens with one attached hydrogen (secondary N) is 1. The van der Waals surface area contributed by atoms with E-state index in [9.17, 15) is 14.7 Å². The molecule has 0 aliphatic rings. The number of benzene rings is 1. The lowest BCUT2D eigenvalue weighted by molar-refractivity contribution is -0.122. The number of carbonyl (C=O) groups excluding carboxylic acids is 1. The van der Waals surface area contributed by atoms with Gasteiger partial charge in [0.15, 0.2) is 0 Å². The van der Waals surface area contributed by atoms with Gasteiger partial charge in [-0.15, -0.1) is 0 Å². The minimum Gasteiger partial charge on any atom is -0.387 e. The van der Waals surface area contributed by atoms with Crippen LogP contribution in [0.15, 0.2) is 35.4 Å². The Morgan fingerprint density at radius 3 is 2.76 bits per heavy atom. The largest absolute Gasteiger partial charge is 0.387 e. The van der Waals surface area contributed by atoms with Crippen molar-refractivity contribution < 1.29 is 9.90 Å². The van der Waals surface area contributed by atoms with Crippen molar-refractivity contribution >= 4 is 5.91 Å². The van der Waals surface area contributed by atoms with Gasteiger partial charge in [-0.25, -0.2) is 9.48 Å². The van der Waals surface area contributed by atoms with Crippen LogP contribution < -0.4 is 11.0 Å². The van der Waals surface area contributed by atoms with Gasteiger partial charge in [0.2, 0.25) is 5.91 Å². The van der Waals surface area contributed by atoms with Crippen molar-refractivity contribution in [3.8, 4) is 0 Å². The smallest absolute Gasteiger partial charge is 0.345 e. The predicted octanol–water partition coefficient (Wildman–Crippen LogP) is -0.260. The van der Waals surface area contributed by atoms with Crippen LogP contribution in [0.1, 0.15) is 17.2 Å². The van der Waals surface area contributed by atoms with E-state index in [1.165, 1.54) is 10.9 Å². The molecule has 1 amide bonds. The molecule has 1 aromatic heterocycles. The fourth-order valence-corrected chi connectivity index (χ4v) is 2.00. The lowest BCUT2D eigenvalue weighted by atomic mass is 10.0. The molecule has 2 N–H and O–H groups in total. The quantitative estimate of drug-likeness (QED) is 0.794. The normalized spacial score (nSPS) is 12.1. The fourth-order valence-electron chi connectivity index (χ4n) is 2.00. The van der Waals surface area contributed by atoms with Crippen molar-refractivity contribution in [3.63, 3.8) is 0 Å². The molecule has 0 aliphatic heterocycles. The highest BCUT2D eigenvalue weighted by atomic mass is 16.3. The van der Waals surface area contributed by atoms with Gasteiger partial charge in [-0.2, -0.15) is 5.10 Å². The maximum Gasteiger partial charge on any atom is 0.345 e. The van der Waals surface area contributed by atoms with Crippen LogP contribution >= 0.6 is 0 Å². The van der Waals surface area contributed by atoms with E-state index in [1.807, 2.05) is 31.2 Å². The van der Waals surface area contributed by atoms with Gasteiger partial charge in [-0.05, 0) is 18.1 Å². The van der Waals surface area contributed by atoms with Gasteiger partial charge in [-0.1, -0.05) is 24.3 Å². The Morgan fingerprint density at radius 1 is 1.43 bits per heavy atom. The van der Waals surface area contributed by atoms with Crippen LogP contribution in [0.2, 0.25) is 0 Å². The van der Waals surface area contributed by atoms with Gasteiger partial charge in [0.25, 0.3) is 0 Å². The van der Waals surface area contributed by atoms with Crippen LogP contribution in [0.3, 0.4) is 0 Å². The summed E-state index contributed by atoms with van der Waals surface area (Å²) in [5.74, 6) is -0.372. The number of aryl methyl sites for hydroxylation is 2. The molecule has 2 rings (SSSR count). The van der Waals surface area contributed by atoms with E-state index in [-0.39, 0.29) is 24.7 Å². The molecule has 7 nitrogen and oxygen atoms in total. The third-order valence-electron chi connectivity index (χ3n) is 3.22. The second-order valence-corrected chi connectivity index (χ2v) is 4.86. The molecule has 0 radical (unpaired) electrons. The first-order chi connectivity index (χ1) is 9.99. The lowest BCUT2D eigenvalue weighted by Gasteiger charge is -2.14. The van der Waals surface area contributed by atoms with E-state index >= 15 is 0 Å². The monoisotopic (exact) mass is 290 g/mol. The Hall–Kier alpha value is -2.41. The summed E-state index contributed by atoms with van der Waals surface area (Å²) in [5, 5.41) is 16.5. The van der Waals surface area contributed by atoms with Crippen molar-refractivity contribution in [2.24, 2.45) is 7.05 Å². The van der Waals surface area contributed by atoms with Gasteiger partial charge < -0.3 is 10.4 Å². The molecule has 1 heterocycles. The third kappa shape index (κ3) is 3.57. The first kappa shape index (κ1) is 15.0. The molecule has 112 valence electrons. The highest BCUT2D eigenvalue weighted by molar-refractivity contribution is 5.75. The number of aliphatic hydroxyl groups is 1. The summed E-state index contributed by atoms with van der Waals surface area (Å²) in [4.78, 5) is 23.3. The van der Waals surface area contributed by atoms with Crippen LogP contribution in [0.25, 0.3) is 0 Å². The highest BCUT2D eigenvalue weighted by Gasteiger charge is 2.12. The second kappa shape index (κ2) is 6.36. The third-order valence-corrected chi connectivity index (χ3v) is 3.22. The lowest BCUT2D eigenvalue weighted by Crippen LogP contribution is -2.35. The standard InChI is InChI=1S/C14H18N4O3/c1-10-5-3-4-6-11(10)12(19)7-15-13(20)8-18-14(21)17(2)9-16-18/h3-6,9,12,19H,7-8H2,1-2H3,(H,15,20). The summed E-state index contributed by atoms with van der Waals surface area (Å²) < 4.78 is 2.35. The molecule has 2 aromatic rings. The molecule has 1 atom stereocenters. The van der Waals surface area contributed by atoms with Crippen LogP contribution in [0.5, 0.6) is 0 Å². The summed E-state index contributed by atoms with van der Waals surface area (Å²) in [6.07, 6.45) is 0.563. The van der Waals surface area contributed by atoms with Crippen molar-refractivity contribution in [1.29, 1.82) is 0 Å². The number of aliphatic hydroxyl groups excluding tert-OH is 1. The average Bonchev–Trinajstić information content (AvgIpc) is 2.77. The number of amides is 1. The molecule has 0 aliphatic carbocycles. The van der Waals surface area contributed by atoms with Crippen molar-refractivity contribution in [1.82, 2.24) is 19.7 Å². The van der Waals surface area contributed by atoms with Gasteiger partial charge in [0.1, 0.15) is 12.9 Å². The van der Waals surface area contributed by atoms with Crippen LogP contribution in [0, 0.1) is 6.92 Å². The highest BCUT2D eigenvalue weighted by Crippen LogP contribution is 2.16. The van der Waals surface area contributed by atoms with E-state index in [1.54, 1.807) is 7.05 Å². The van der Waals surface area contributed by atoms with Crippen LogP contribution in [-0.2, 0) is 18.4 Å². The zero-order valence-corrected chi connectivity index (χ0v) is 12.0. The minimum absolute atomic E-state index is 0.0886. The minimum atomic E-state index is -0.782. The molecule has 1 aromatic carbocycles. The van der Waals surface area contributed by atoms with Crippen LogP contribution in [0.4, 0.5) is 0 Å². The molecule has 21 heavy (non-hydrogen) atoms. The summed E-state index contributed by atoms with van der Waals surface area (Å²) in [7, 11) is 1.56. The first-order valence-electron chi connectivity index (χ1n) is 6.57. The average molecular weight is 290 g/mol. The summed E-state index contributed by atoms with van der Waals surface area (Å²) in [6.45, 7) is 1.82. The molecule has 7 heteroatoms. The second-order valence-electron chi connectivity index (χ2n) is 4.86. The topological polar surface area (TPSA) is 89.2 Å². The Bertz CT molecular complexity index is 690. The molecular formula is C14H18N4O3. The Kier molecular flexibility index (Phi) is 4.54. The zero-order chi connectivity index (χ0) is 15.4. The number of hydrogen-bond acceptors (Lipinski definition) is 4. The number of rotatable bonds is 5. The van der Waals surface area contributed by atoms with E-state index in [0.717, 1.165) is 15.8 Å². The molecule has 0 bridgehead atoms. The van der Waals surface area contributed by atoms with E-state index in [2.05, 4.69) is 10.4 Å². The molecule has 0 saturated carbocycles. The van der Waals surface area contributed by atoms with Crippen molar-refractivity contribution in [2.45, 2.75) is 19.6 Å². The SMILES string of the molecule is Cc1ccccc1C(O)CNC(=O)Cn1ncn(C)c1=O. The Balaban J connectivity index is 1.91. The Labute approximate surface area is 121 Å². The van der Waals surface area contributed by atoms with E-state index < -0.39 is 6.10 Å². The number of hydrogen-bond donors (Lipinski definition) is 2. The summed E-state index contributed by atoms with van der Waals surface area (Å²) in [5.41, 5.74) is 1.37. The zero-order valence-electron chi connectivity index (χ0n) is 12.0. The summed E-state index contributed by atoms with van der Waals surface area (Å²) >= 11 is 0. The van der Waals surface area contributed by atoms with E-state index in [4.69, 9.17) is 0 Å².